The van der Waals surface area contributed by atoms with Crippen molar-refractivity contribution >= 4 is 17.5 Å². The number of benzene rings is 2. The van der Waals surface area contributed by atoms with Crippen molar-refractivity contribution < 1.29 is 14.3 Å². The maximum Gasteiger partial charge on any atom is 0.185 e. The second-order valence-corrected chi connectivity index (χ2v) is 4.40. The summed E-state index contributed by atoms with van der Waals surface area (Å²) in [5.41, 5.74) is 7.50. The second-order valence-electron chi connectivity index (χ2n) is 4.40. The number of ether oxygens (including phenoxy) is 2. The van der Waals surface area contributed by atoms with Crippen molar-refractivity contribution in [3.8, 4) is 11.5 Å². The molecule has 0 aromatic heterocycles. The smallest absolute Gasteiger partial charge is 0.185 e. The molecule has 0 unspecified atom stereocenters. The molecule has 0 atom stereocenters. The molecule has 0 spiro atoms. The highest BCUT2D eigenvalue weighted by Gasteiger charge is 2.08. The molecule has 0 saturated heterocycles. The summed E-state index contributed by atoms with van der Waals surface area (Å²) in [6.45, 7) is 0. The van der Waals surface area contributed by atoms with Crippen molar-refractivity contribution in [2.75, 3.05) is 20.0 Å². The molecule has 21 heavy (non-hydrogen) atoms. The summed E-state index contributed by atoms with van der Waals surface area (Å²) in [5, 5.41) is 0. The van der Waals surface area contributed by atoms with Gasteiger partial charge in [0.05, 0.1) is 19.8 Å². The monoisotopic (exact) mass is 283 g/mol. The van der Waals surface area contributed by atoms with Gasteiger partial charge in [-0.05, 0) is 36.4 Å². The molecule has 0 heterocycles. The van der Waals surface area contributed by atoms with Crippen molar-refractivity contribution in [3.63, 3.8) is 0 Å². The maximum atomic E-state index is 12.1. The fourth-order valence-electron chi connectivity index (χ4n) is 1.99. The van der Waals surface area contributed by atoms with Gasteiger partial charge in [-0.2, -0.15) is 0 Å². The van der Waals surface area contributed by atoms with Gasteiger partial charge in [0.2, 0.25) is 0 Å². The first-order valence-corrected chi connectivity index (χ1v) is 6.44. The number of carbonyl (C=O) groups is 1. The largest absolute Gasteiger partial charge is 0.496 e. The van der Waals surface area contributed by atoms with Crippen LogP contribution in [0.15, 0.2) is 48.5 Å². The summed E-state index contributed by atoms with van der Waals surface area (Å²) >= 11 is 0. The summed E-state index contributed by atoms with van der Waals surface area (Å²) in [6.07, 6.45) is 3.17. The van der Waals surface area contributed by atoms with Gasteiger partial charge in [0, 0.05) is 11.3 Å². The number of allylic oxidation sites excluding steroid dienone is 1. The Morgan fingerprint density at radius 3 is 2.24 bits per heavy atom. The molecular formula is C17H17NO3. The molecule has 0 aliphatic heterocycles. The lowest BCUT2D eigenvalue weighted by Crippen LogP contribution is -1.97. The van der Waals surface area contributed by atoms with E-state index in [1.807, 2.05) is 18.2 Å². The number of nitrogens with two attached hydrogens (primary N) is 1. The first-order valence-electron chi connectivity index (χ1n) is 6.44. The number of hydrogen-bond donors (Lipinski definition) is 1. The summed E-state index contributed by atoms with van der Waals surface area (Å²) in [4.78, 5) is 12.1. The van der Waals surface area contributed by atoms with Crippen LogP contribution in [-0.2, 0) is 0 Å². The lowest BCUT2D eigenvalue weighted by atomic mass is 10.1. The van der Waals surface area contributed by atoms with Crippen LogP contribution in [0.5, 0.6) is 11.5 Å². The van der Waals surface area contributed by atoms with E-state index in [1.54, 1.807) is 44.6 Å². The SMILES string of the molecule is COc1cccc(OC)c1C=CC(=O)c1cccc(N)c1. The van der Waals surface area contributed by atoms with Crippen molar-refractivity contribution in [2.45, 2.75) is 0 Å². The van der Waals surface area contributed by atoms with E-state index in [0.29, 0.717) is 22.7 Å². The van der Waals surface area contributed by atoms with Crippen molar-refractivity contribution in [2.24, 2.45) is 0 Å². The molecule has 0 amide bonds. The van der Waals surface area contributed by atoms with Crippen LogP contribution >= 0.6 is 0 Å². The Balaban J connectivity index is 2.31. The van der Waals surface area contributed by atoms with Gasteiger partial charge >= 0.3 is 0 Å². The molecule has 2 aromatic carbocycles. The number of rotatable bonds is 5. The predicted octanol–water partition coefficient (Wildman–Crippen LogP) is 3.18. The number of methoxy groups -OCH3 is 2. The lowest BCUT2D eigenvalue weighted by molar-refractivity contribution is 0.104. The van der Waals surface area contributed by atoms with Crippen molar-refractivity contribution in [1.29, 1.82) is 0 Å². The Bertz CT molecular complexity index is 655. The molecule has 2 N–H and O–H groups in total. The highest BCUT2D eigenvalue weighted by Crippen LogP contribution is 2.29. The van der Waals surface area contributed by atoms with Crippen LogP contribution in [0.4, 0.5) is 5.69 Å². The topological polar surface area (TPSA) is 61.5 Å². The Labute approximate surface area is 123 Å². The zero-order chi connectivity index (χ0) is 15.2. The van der Waals surface area contributed by atoms with Crippen molar-refractivity contribution in [3.05, 3.63) is 59.7 Å². The molecule has 4 heteroatoms. The Hall–Kier alpha value is -2.75. The number of carbonyl (C=O) groups excluding carboxylic acids is 1. The zero-order valence-electron chi connectivity index (χ0n) is 12.0. The van der Waals surface area contributed by atoms with Crippen LogP contribution in [0, 0.1) is 0 Å². The Morgan fingerprint density at radius 2 is 1.67 bits per heavy atom. The van der Waals surface area contributed by atoms with Crippen LogP contribution in [-0.4, -0.2) is 20.0 Å². The molecule has 0 fully saturated rings. The van der Waals surface area contributed by atoms with Gasteiger partial charge in [0.15, 0.2) is 5.78 Å². The number of nitrogen functional groups attached to an aromatic ring is 1. The minimum atomic E-state index is -0.129. The molecule has 0 aliphatic carbocycles. The van der Waals surface area contributed by atoms with Gasteiger partial charge in [-0.25, -0.2) is 0 Å². The van der Waals surface area contributed by atoms with Gasteiger partial charge in [0.25, 0.3) is 0 Å². The van der Waals surface area contributed by atoms with E-state index in [0.717, 1.165) is 5.56 Å². The summed E-state index contributed by atoms with van der Waals surface area (Å²) in [5.74, 6) is 1.16. The van der Waals surface area contributed by atoms with E-state index in [-0.39, 0.29) is 5.78 Å². The third kappa shape index (κ3) is 3.42. The standard InChI is InChI=1S/C17H17NO3/c1-20-16-7-4-8-17(21-2)14(16)9-10-15(19)12-5-3-6-13(18)11-12/h3-11H,18H2,1-2H3. The zero-order valence-corrected chi connectivity index (χ0v) is 12.0. The summed E-state index contributed by atoms with van der Waals surface area (Å²) < 4.78 is 10.6. The van der Waals surface area contributed by atoms with E-state index in [1.165, 1.54) is 6.08 Å². The maximum absolute atomic E-state index is 12.1. The van der Waals surface area contributed by atoms with E-state index in [4.69, 9.17) is 15.2 Å². The molecule has 2 aromatic rings. The minimum Gasteiger partial charge on any atom is -0.496 e. The lowest BCUT2D eigenvalue weighted by Gasteiger charge is -2.09. The molecule has 0 aliphatic rings. The Kier molecular flexibility index (Phi) is 4.61. The fraction of sp³-hybridized carbons (Fsp3) is 0.118. The van der Waals surface area contributed by atoms with Gasteiger partial charge < -0.3 is 15.2 Å². The number of anilines is 1. The predicted molar refractivity (Wildman–Crippen MR) is 83.8 cm³/mol. The average Bonchev–Trinajstić information content (AvgIpc) is 2.52. The fourth-order valence-corrected chi connectivity index (χ4v) is 1.99. The summed E-state index contributed by atoms with van der Waals surface area (Å²) in [6, 6.07) is 12.3. The van der Waals surface area contributed by atoms with E-state index < -0.39 is 0 Å². The van der Waals surface area contributed by atoms with Gasteiger partial charge in [-0.3, -0.25) is 4.79 Å². The minimum absolute atomic E-state index is 0.129. The average molecular weight is 283 g/mol. The van der Waals surface area contributed by atoms with Crippen LogP contribution < -0.4 is 15.2 Å². The molecule has 2 rings (SSSR count). The van der Waals surface area contributed by atoms with Crippen LogP contribution in [0.2, 0.25) is 0 Å². The van der Waals surface area contributed by atoms with E-state index in [2.05, 4.69) is 0 Å². The molecule has 0 saturated carbocycles. The highest BCUT2D eigenvalue weighted by atomic mass is 16.5. The van der Waals surface area contributed by atoms with Crippen LogP contribution in [0.1, 0.15) is 15.9 Å². The van der Waals surface area contributed by atoms with Gasteiger partial charge in [-0.15, -0.1) is 0 Å². The molecular weight excluding hydrogens is 266 g/mol. The third-order valence-electron chi connectivity index (χ3n) is 3.04. The normalized spacial score (nSPS) is 10.6. The van der Waals surface area contributed by atoms with Gasteiger partial charge in [-0.1, -0.05) is 18.2 Å². The molecule has 108 valence electrons. The summed E-state index contributed by atoms with van der Waals surface area (Å²) in [7, 11) is 3.15. The number of hydrogen-bond acceptors (Lipinski definition) is 4. The molecule has 0 bridgehead atoms. The second kappa shape index (κ2) is 6.61. The van der Waals surface area contributed by atoms with E-state index >= 15 is 0 Å². The first-order chi connectivity index (χ1) is 10.2. The van der Waals surface area contributed by atoms with Crippen molar-refractivity contribution in [1.82, 2.24) is 0 Å². The van der Waals surface area contributed by atoms with E-state index in [9.17, 15) is 4.79 Å². The molecule has 0 radical (unpaired) electrons. The Morgan fingerprint density at radius 1 is 1.05 bits per heavy atom. The van der Waals surface area contributed by atoms with Crippen LogP contribution in [0.25, 0.3) is 6.08 Å². The molecule has 4 nitrogen and oxygen atoms in total. The van der Waals surface area contributed by atoms with Gasteiger partial charge in [0.1, 0.15) is 11.5 Å². The van der Waals surface area contributed by atoms with Crippen LogP contribution in [0.3, 0.4) is 0 Å². The number of ketones is 1. The third-order valence-corrected chi connectivity index (χ3v) is 3.04. The highest BCUT2D eigenvalue weighted by molar-refractivity contribution is 6.07. The quantitative estimate of drug-likeness (QED) is 0.520. The first kappa shape index (κ1) is 14.7.